The van der Waals surface area contributed by atoms with Crippen LogP contribution in [0.5, 0.6) is 11.5 Å². The minimum absolute atomic E-state index is 0.276. The van der Waals surface area contributed by atoms with Crippen LogP contribution in [-0.4, -0.2) is 178 Å². The Morgan fingerprint density at radius 2 is 0.986 bits per heavy atom. The van der Waals surface area contributed by atoms with Crippen molar-refractivity contribution in [1.29, 1.82) is 0 Å². The van der Waals surface area contributed by atoms with E-state index in [0.29, 0.717) is 66.5 Å². The third-order valence-electron chi connectivity index (χ3n) is 23.5. The highest BCUT2D eigenvalue weighted by Gasteiger charge is 2.25. The molecule has 0 amide bonds. The van der Waals surface area contributed by atoms with Gasteiger partial charge < -0.3 is 56.2 Å². The van der Waals surface area contributed by atoms with Crippen molar-refractivity contribution < 1.29 is 18.9 Å². The normalized spacial score (nSPS) is 13.2. The van der Waals surface area contributed by atoms with Gasteiger partial charge in [-0.25, -0.2) is 54.8 Å². The predicted octanol–water partition coefficient (Wildman–Crippen LogP) is 18.1. The summed E-state index contributed by atoms with van der Waals surface area (Å²) in [6, 6.07) is 61.1. The van der Waals surface area contributed by atoms with Crippen LogP contribution in [0, 0.1) is 0 Å². The average Bonchev–Trinajstić information content (AvgIpc) is 1.08. The number of nitrogens with zero attached hydrogens (tertiary/aromatic N) is 23. The first-order valence-corrected chi connectivity index (χ1v) is 46.7. The third kappa shape index (κ3) is 24.1. The second kappa shape index (κ2) is 43.4. The lowest BCUT2D eigenvalue weighted by atomic mass is 10.0. The molecule has 1 saturated carbocycles. The number of rotatable bonds is 28. The number of nitrogens with one attached hydrogen (secondary N) is 5. The van der Waals surface area contributed by atoms with Gasteiger partial charge in [0.1, 0.15) is 29.7 Å². The standard InChI is InChI=1S/2C27H23N9O.C27H28N6O.C24H23BrN6O/c1-35-11-6-24(34-35)23-13-20-15-30-27(32-21-5-2-4-19(12-21)17-36-10-3-7-31-36)33-25(20)14-26(23)37-18-22-16-28-8-9-29-22;1-2-19(17-36-8-7-29-18-36)10-22(3-1)34-27-31-13-20-11-24(21-14-32-33-15-21)26(12-25(20)35-27)37-9-4-23-16-28-5-6-30-23;28-26-6-4-21(15-29-26)22-11-18(17-33-7-9-34-10-8-33)12-24(14-22)31-27-30-16-23-13-20(19-1-2-19)3-5-25(23)32-27;25-20-2-3-22-19(11-20)14-28-24(30-22)29-21-10-16(15-31-5-7-32-8-6-31)9-18(12-21)17-1-4-23(26)27-13-17/h2-16H,17-18H2,1H3,(H,30,32,33);1-3,5-8,10-16,18H,4,9,17H2,(H,32,33)(H,31,34,35);3-6,11-16,19H,1-2,7-10,17H2,(H2,28,29)(H,30,31,32);1-4,9-14H,5-8,15H2,(H2,26,27)(H,28,29,30). The van der Waals surface area contributed by atoms with Gasteiger partial charge in [0.05, 0.1) is 97.4 Å². The van der Waals surface area contributed by atoms with E-state index >= 15 is 0 Å². The van der Waals surface area contributed by atoms with Crippen LogP contribution < -0.4 is 42.2 Å². The molecular weight excluding hydrogens is 1830 g/mol. The van der Waals surface area contributed by atoms with Gasteiger partial charge in [-0.1, -0.05) is 46.3 Å². The summed E-state index contributed by atoms with van der Waals surface area (Å²) in [7, 11) is 1.88. The third-order valence-corrected chi connectivity index (χ3v) is 24.0. The Kier molecular flexibility index (Phi) is 28.2. The number of aromatic amines is 1. The summed E-state index contributed by atoms with van der Waals surface area (Å²) < 4.78 is 30.1. The summed E-state index contributed by atoms with van der Waals surface area (Å²) in [6.07, 6.45) is 39.0. The van der Waals surface area contributed by atoms with Crippen molar-refractivity contribution in [2.24, 2.45) is 7.05 Å². The quantitative estimate of drug-likeness (QED) is 0.0239. The number of imidazole rings is 1. The number of nitrogen functional groups attached to an aromatic ring is 2. The largest absolute Gasteiger partial charge is 0.492 e. The van der Waals surface area contributed by atoms with Crippen LogP contribution in [0.15, 0.2) is 311 Å². The van der Waals surface area contributed by atoms with Crippen LogP contribution in [-0.2, 0) is 55.7 Å². The molecule has 0 unspecified atom stereocenters. The number of benzene rings is 8. The highest BCUT2D eigenvalue weighted by molar-refractivity contribution is 9.10. The Morgan fingerprint density at radius 3 is 1.52 bits per heavy atom. The molecule has 2 aliphatic heterocycles. The summed E-state index contributed by atoms with van der Waals surface area (Å²) >= 11 is 3.49. The summed E-state index contributed by atoms with van der Waals surface area (Å²) in [5.41, 5.74) is 34.0. The highest BCUT2D eigenvalue weighted by Crippen LogP contribution is 2.42. The van der Waals surface area contributed by atoms with Crippen molar-refractivity contribution in [2.45, 2.75) is 58.0 Å². The van der Waals surface area contributed by atoms with E-state index < -0.39 is 0 Å². The Morgan fingerprint density at radius 1 is 0.429 bits per heavy atom. The summed E-state index contributed by atoms with van der Waals surface area (Å²) in [6.45, 7) is 10.7. The Bertz CT molecular complexity index is 7590. The number of aromatic nitrogens is 22. The molecule has 34 nitrogen and oxygen atoms in total. The number of morpholine rings is 2. The zero-order valence-corrected chi connectivity index (χ0v) is 78.0. The molecular formula is C105H97BrN30O4. The maximum absolute atomic E-state index is 6.20. The van der Waals surface area contributed by atoms with E-state index in [-0.39, 0.29) is 6.61 Å². The molecule has 23 rings (SSSR count). The Balaban J connectivity index is 0.000000115. The molecule has 35 heteroatoms. The average molecular weight is 1920 g/mol. The predicted molar refractivity (Wildman–Crippen MR) is 544 cm³/mol. The highest BCUT2D eigenvalue weighted by atomic mass is 79.9. The summed E-state index contributed by atoms with van der Waals surface area (Å²) in [5, 5.41) is 33.1. The number of H-pyrrole nitrogens is 1. The van der Waals surface area contributed by atoms with E-state index in [1.165, 1.54) is 29.5 Å². The van der Waals surface area contributed by atoms with E-state index in [1.807, 2.05) is 169 Å². The molecule has 12 aromatic heterocycles. The van der Waals surface area contributed by atoms with Crippen LogP contribution in [0.1, 0.15) is 58.0 Å². The monoisotopic (exact) mass is 1920 g/mol. The van der Waals surface area contributed by atoms with Gasteiger partial charge >= 0.3 is 0 Å². The van der Waals surface area contributed by atoms with Crippen LogP contribution in [0.4, 0.5) is 58.2 Å². The number of aryl methyl sites for hydroxylation is 1. The van der Waals surface area contributed by atoms with E-state index in [9.17, 15) is 0 Å². The first-order chi connectivity index (χ1) is 68.8. The minimum atomic E-state index is 0.276. The van der Waals surface area contributed by atoms with Gasteiger partial charge in [-0.05, 0) is 197 Å². The lowest BCUT2D eigenvalue weighted by Gasteiger charge is -2.27. The fourth-order valence-electron chi connectivity index (χ4n) is 16.4. The van der Waals surface area contributed by atoms with E-state index in [2.05, 4.69) is 206 Å². The van der Waals surface area contributed by atoms with E-state index in [4.69, 9.17) is 45.4 Å². The molecule has 3 aliphatic rings. The lowest BCUT2D eigenvalue weighted by Crippen LogP contribution is -2.35. The fourth-order valence-corrected chi connectivity index (χ4v) is 16.8. The van der Waals surface area contributed by atoms with Crippen molar-refractivity contribution >= 4 is 118 Å². The fraction of sp³-hybridized carbons (Fsp3) is 0.181. The number of hydrogen-bond donors (Lipinski definition) is 7. The molecule has 1 aliphatic carbocycles. The van der Waals surface area contributed by atoms with Crippen molar-refractivity contribution in [3.63, 3.8) is 0 Å². The van der Waals surface area contributed by atoms with Gasteiger partial charge in [-0.15, -0.1) is 0 Å². The van der Waals surface area contributed by atoms with Gasteiger partial charge in [0.25, 0.3) is 0 Å². The number of ether oxygens (including phenoxy) is 4. The van der Waals surface area contributed by atoms with Gasteiger partial charge in [0.15, 0.2) is 0 Å². The maximum Gasteiger partial charge on any atom is 0.227 e. The van der Waals surface area contributed by atoms with Gasteiger partial charge in [0.2, 0.25) is 23.8 Å². The zero-order chi connectivity index (χ0) is 94.7. The molecule has 3 fully saturated rings. The lowest BCUT2D eigenvalue weighted by molar-refractivity contribution is 0.0341. The van der Waals surface area contributed by atoms with Crippen molar-refractivity contribution in [3.05, 3.63) is 350 Å². The molecule has 2 saturated heterocycles. The van der Waals surface area contributed by atoms with Gasteiger partial charge in [-0.2, -0.15) is 15.3 Å². The molecule has 140 heavy (non-hydrogen) atoms. The van der Waals surface area contributed by atoms with Crippen molar-refractivity contribution in [1.82, 2.24) is 119 Å². The molecule has 0 spiro atoms. The first-order valence-electron chi connectivity index (χ1n) is 45.9. The summed E-state index contributed by atoms with van der Waals surface area (Å²) in [5.74, 6) is 5.27. The minimum Gasteiger partial charge on any atom is -0.492 e. The Hall–Kier alpha value is -16.9. The topological polar surface area (TPSA) is 406 Å². The van der Waals surface area contributed by atoms with Crippen LogP contribution in [0.3, 0.4) is 0 Å². The zero-order valence-electron chi connectivity index (χ0n) is 76.4. The second-order valence-corrected chi connectivity index (χ2v) is 34.8. The smallest absolute Gasteiger partial charge is 0.227 e. The molecule has 8 aromatic carbocycles. The molecule has 9 N–H and O–H groups in total. The second-order valence-electron chi connectivity index (χ2n) is 33.9. The summed E-state index contributed by atoms with van der Waals surface area (Å²) in [4.78, 5) is 71.5. The number of fused-ring (bicyclic) bond motifs is 4. The van der Waals surface area contributed by atoms with Crippen LogP contribution in [0.25, 0.3) is 88.2 Å². The van der Waals surface area contributed by atoms with Crippen molar-refractivity contribution in [2.75, 3.05) is 91.9 Å². The van der Waals surface area contributed by atoms with Gasteiger partial charge in [-0.3, -0.25) is 44.2 Å². The number of halogens is 1. The number of nitrogens with two attached hydrogens (primary N) is 2. The molecule has 20 aromatic rings. The molecule has 0 radical (unpaired) electrons. The molecule has 14 heterocycles. The number of anilines is 10. The molecule has 0 bridgehead atoms. The maximum atomic E-state index is 6.20. The first kappa shape index (κ1) is 90.9. The van der Waals surface area contributed by atoms with E-state index in [1.54, 1.807) is 79.2 Å². The number of pyridine rings is 2. The van der Waals surface area contributed by atoms with Crippen LogP contribution >= 0.6 is 15.9 Å². The van der Waals surface area contributed by atoms with Gasteiger partial charge in [0, 0.05) is 253 Å². The Labute approximate surface area is 813 Å². The molecule has 698 valence electrons. The molecule has 0 atom stereocenters. The van der Waals surface area contributed by atoms with Crippen LogP contribution in [0.2, 0.25) is 0 Å². The van der Waals surface area contributed by atoms with E-state index in [0.717, 1.165) is 216 Å². The number of hydrogen-bond acceptors (Lipinski definition) is 30. The van der Waals surface area contributed by atoms with Crippen molar-refractivity contribution in [3.8, 4) is 56.1 Å². The SMILES string of the molecule is Cn1ccc(-c2cc3cnc(Nc4cccc(Cn5cccn5)c4)nc3cc2OCc2cnccn2)n1.Nc1ccc(-c2cc(CN3CCOCC3)cc(Nc3ncc4cc(Br)ccc4n3)c2)cn1.Nc1ccc(-c2cc(CN3CCOCC3)cc(Nc3ncc4cc(C5CC5)ccc4n3)c2)cn1.c1cc(Cn2ccnc2)cc(Nc2ncc3cc(-c4cn[nH]c4)c(OCCc4cnccn4)cc3n2)c1.